The van der Waals surface area contributed by atoms with E-state index in [1.165, 1.54) is 81.9 Å². The maximum Gasteiger partial charge on any atom is 0.134 e. The van der Waals surface area contributed by atoms with Gasteiger partial charge in [0.05, 0.1) is 30.9 Å². The summed E-state index contributed by atoms with van der Waals surface area (Å²) in [5.41, 5.74) is 8.12. The molecule has 242 valence electrons. The van der Waals surface area contributed by atoms with Crippen LogP contribution >= 0.6 is 45.3 Å². The normalized spacial score (nSPS) is 17.0. The number of rotatable bonds is 4. The van der Waals surface area contributed by atoms with Crippen LogP contribution in [0.5, 0.6) is 0 Å². The van der Waals surface area contributed by atoms with Gasteiger partial charge in [0.25, 0.3) is 0 Å². The SMILES string of the molecule is N#CC(C#N)=Cc1ccc(-c2nc3c(s2)-c2cc4c(cc2C32CCCCC2)-c2sc(-c3ccc(C=C(C#N)C#N)s3)nc2C42CCCCC2)s1. The van der Waals surface area contributed by atoms with E-state index in [1.807, 2.05) is 36.4 Å². The number of thiazole rings is 2. The Morgan fingerprint density at radius 1 is 0.560 bits per heavy atom. The minimum Gasteiger partial charge on any atom is -0.239 e. The Hall–Kier alpha value is -4.68. The average Bonchev–Trinajstić information content (AvgIpc) is 4.01. The van der Waals surface area contributed by atoms with Crippen LogP contribution in [0, 0.1) is 45.3 Å². The molecule has 2 fully saturated rings. The number of thiophene rings is 2. The van der Waals surface area contributed by atoms with Crippen molar-refractivity contribution >= 4 is 57.5 Å². The smallest absolute Gasteiger partial charge is 0.134 e. The molecule has 0 N–H and O–H groups in total. The Morgan fingerprint density at radius 3 is 1.34 bits per heavy atom. The fraction of sp³-hybridized carbons (Fsp3) is 0.300. The van der Waals surface area contributed by atoms with E-state index >= 15 is 0 Å². The molecule has 4 aromatic heterocycles. The lowest BCUT2D eigenvalue weighted by molar-refractivity contribution is 0.344. The molecule has 6 nitrogen and oxygen atoms in total. The third-order valence-corrected chi connectivity index (χ3v) is 15.6. The van der Waals surface area contributed by atoms with Crippen LogP contribution in [0.25, 0.3) is 52.8 Å². The number of allylic oxidation sites excluding steroid dienone is 2. The molecule has 0 bridgehead atoms. The summed E-state index contributed by atoms with van der Waals surface area (Å²) in [5.74, 6) is 0. The number of hydrogen-bond donors (Lipinski definition) is 0. The Kier molecular flexibility index (Phi) is 7.50. The number of hydrogen-bond acceptors (Lipinski definition) is 10. The number of nitriles is 4. The molecule has 2 spiro atoms. The van der Waals surface area contributed by atoms with Crippen LogP contribution in [0.2, 0.25) is 0 Å². The fourth-order valence-electron chi connectivity index (χ4n) is 8.76. The highest BCUT2D eigenvalue weighted by atomic mass is 32.1. The summed E-state index contributed by atoms with van der Waals surface area (Å²) in [6.45, 7) is 0. The quantitative estimate of drug-likeness (QED) is 0.170. The minimum atomic E-state index is -0.0916. The lowest BCUT2D eigenvalue weighted by Gasteiger charge is -2.36. The summed E-state index contributed by atoms with van der Waals surface area (Å²) in [5, 5.41) is 39.1. The van der Waals surface area contributed by atoms with Crippen LogP contribution in [0.3, 0.4) is 0 Å². The van der Waals surface area contributed by atoms with Crippen molar-refractivity contribution in [2.24, 2.45) is 0 Å². The van der Waals surface area contributed by atoms with Crippen molar-refractivity contribution in [3.8, 4) is 64.9 Å². The van der Waals surface area contributed by atoms with Gasteiger partial charge in [0.15, 0.2) is 0 Å². The summed E-state index contributed by atoms with van der Waals surface area (Å²) < 4.78 is 0. The first kappa shape index (κ1) is 31.3. The molecule has 9 rings (SSSR count). The second kappa shape index (κ2) is 12.0. The molecule has 2 saturated carbocycles. The van der Waals surface area contributed by atoms with Gasteiger partial charge in [0.1, 0.15) is 45.4 Å². The predicted molar refractivity (Wildman–Crippen MR) is 201 cm³/mol. The van der Waals surface area contributed by atoms with Gasteiger partial charge in [-0.2, -0.15) is 21.0 Å². The van der Waals surface area contributed by atoms with Gasteiger partial charge in [0, 0.05) is 20.6 Å². The molecule has 0 unspecified atom stereocenters. The summed E-state index contributed by atoms with van der Waals surface area (Å²) in [7, 11) is 0. The molecular weight excluding hydrogens is 693 g/mol. The summed E-state index contributed by atoms with van der Waals surface area (Å²) in [4.78, 5) is 17.4. The zero-order chi connectivity index (χ0) is 34.0. The van der Waals surface area contributed by atoms with Gasteiger partial charge in [-0.15, -0.1) is 45.3 Å². The van der Waals surface area contributed by atoms with Crippen LogP contribution in [0.4, 0.5) is 0 Å². The molecule has 4 aliphatic rings. The largest absolute Gasteiger partial charge is 0.239 e. The van der Waals surface area contributed by atoms with Crippen LogP contribution in [-0.4, -0.2) is 9.97 Å². The van der Waals surface area contributed by atoms with Crippen molar-refractivity contribution in [2.75, 3.05) is 0 Å². The molecule has 10 heteroatoms. The van der Waals surface area contributed by atoms with E-state index in [-0.39, 0.29) is 22.0 Å². The topological polar surface area (TPSA) is 121 Å². The fourth-order valence-corrected chi connectivity index (χ4v) is 13.2. The van der Waals surface area contributed by atoms with Gasteiger partial charge in [-0.05, 0) is 96.5 Å². The summed E-state index contributed by atoms with van der Waals surface area (Å²) in [6.07, 6.45) is 15.0. The second-order valence-electron chi connectivity index (χ2n) is 13.6. The van der Waals surface area contributed by atoms with Crippen molar-refractivity contribution in [2.45, 2.75) is 75.0 Å². The highest BCUT2D eigenvalue weighted by Gasteiger charge is 2.52. The molecule has 0 radical (unpaired) electrons. The maximum absolute atomic E-state index is 9.27. The number of aromatic nitrogens is 2. The molecule has 50 heavy (non-hydrogen) atoms. The Balaban J connectivity index is 1.18. The third kappa shape index (κ3) is 4.64. The molecule has 0 amide bonds. The minimum absolute atomic E-state index is 0.0916. The molecule has 4 heterocycles. The Bertz CT molecular complexity index is 2260. The van der Waals surface area contributed by atoms with E-state index < -0.39 is 0 Å². The molecule has 4 aliphatic carbocycles. The van der Waals surface area contributed by atoms with E-state index in [9.17, 15) is 21.0 Å². The van der Waals surface area contributed by atoms with Crippen molar-refractivity contribution in [3.63, 3.8) is 0 Å². The number of fused-ring (bicyclic) bond motifs is 10. The lowest BCUT2D eigenvalue weighted by atomic mass is 9.67. The van der Waals surface area contributed by atoms with E-state index in [4.69, 9.17) is 9.97 Å². The predicted octanol–water partition coefficient (Wildman–Crippen LogP) is 11.4. The second-order valence-corrected chi connectivity index (χ2v) is 17.8. The summed E-state index contributed by atoms with van der Waals surface area (Å²) in [6, 6.07) is 21.1. The molecular formula is C40H28N6S4. The van der Waals surface area contributed by atoms with Gasteiger partial charge >= 0.3 is 0 Å². The van der Waals surface area contributed by atoms with Crippen molar-refractivity contribution in [1.82, 2.24) is 9.97 Å². The van der Waals surface area contributed by atoms with Crippen LogP contribution in [0.15, 0.2) is 47.5 Å². The Labute approximate surface area is 306 Å². The molecule has 0 atom stereocenters. The standard InChI is InChI=1S/C40H28N6S4/c41-19-23(20-42)15-25-7-9-31(47-25)37-45-35-33(49-37)27-18-30-28(17-29(27)39(35)11-3-1-4-12-39)34-36(40(30)13-5-2-6-14-40)46-38(50-34)32-10-8-26(48-32)16-24(21-43)22-44/h7-10,15-18H,1-6,11-14H2. The summed E-state index contributed by atoms with van der Waals surface area (Å²) >= 11 is 6.77. The van der Waals surface area contributed by atoms with Gasteiger partial charge in [-0.3, -0.25) is 0 Å². The molecule has 0 saturated heterocycles. The number of nitrogens with zero attached hydrogens (tertiary/aromatic N) is 6. The molecule has 1 aromatic carbocycles. The zero-order valence-electron chi connectivity index (χ0n) is 27.0. The van der Waals surface area contributed by atoms with Gasteiger partial charge in [-0.1, -0.05) is 38.5 Å². The highest BCUT2D eigenvalue weighted by molar-refractivity contribution is 7.24. The van der Waals surface area contributed by atoms with E-state index in [0.717, 1.165) is 55.2 Å². The average molecular weight is 721 g/mol. The van der Waals surface area contributed by atoms with Crippen molar-refractivity contribution in [3.05, 3.63) is 79.8 Å². The first-order chi connectivity index (χ1) is 24.5. The number of benzene rings is 1. The van der Waals surface area contributed by atoms with Crippen molar-refractivity contribution < 1.29 is 0 Å². The monoisotopic (exact) mass is 720 g/mol. The van der Waals surface area contributed by atoms with Crippen LogP contribution < -0.4 is 0 Å². The lowest BCUT2D eigenvalue weighted by Crippen LogP contribution is -2.30. The first-order valence-corrected chi connectivity index (χ1v) is 20.2. The van der Waals surface area contributed by atoms with Crippen LogP contribution in [0.1, 0.15) is 96.5 Å². The maximum atomic E-state index is 9.27. The van der Waals surface area contributed by atoms with Gasteiger partial charge < -0.3 is 0 Å². The zero-order valence-corrected chi connectivity index (χ0v) is 30.3. The third-order valence-electron chi connectivity index (χ3n) is 11.0. The molecule has 0 aliphatic heterocycles. The van der Waals surface area contributed by atoms with Gasteiger partial charge in [0.2, 0.25) is 0 Å². The Morgan fingerprint density at radius 2 is 0.960 bits per heavy atom. The molecule has 5 aromatic rings. The highest BCUT2D eigenvalue weighted by Crippen LogP contribution is 2.64. The first-order valence-electron chi connectivity index (χ1n) is 17.0. The van der Waals surface area contributed by atoms with Crippen LogP contribution in [-0.2, 0) is 10.8 Å². The van der Waals surface area contributed by atoms with E-state index in [1.54, 1.807) is 57.5 Å². The van der Waals surface area contributed by atoms with E-state index in [0.29, 0.717) is 0 Å². The van der Waals surface area contributed by atoms with Crippen molar-refractivity contribution in [1.29, 1.82) is 21.0 Å². The van der Waals surface area contributed by atoms with E-state index in [2.05, 4.69) is 24.3 Å². The van der Waals surface area contributed by atoms with Gasteiger partial charge in [-0.25, -0.2) is 9.97 Å².